The van der Waals surface area contributed by atoms with E-state index in [1.165, 1.54) is 0 Å². The Morgan fingerprint density at radius 3 is 1.31 bits per heavy atom. The van der Waals surface area contributed by atoms with Crippen LogP contribution in [0, 0.1) is 11.8 Å². The molecule has 0 aliphatic heterocycles. The van der Waals surface area contributed by atoms with E-state index in [1.54, 1.807) is 44.5 Å². The Hall–Kier alpha value is -0.993. The molecule has 0 saturated heterocycles. The summed E-state index contributed by atoms with van der Waals surface area (Å²) in [5, 5.41) is 0. The zero-order valence-corrected chi connectivity index (χ0v) is 26.8. The number of benzene rings is 2. The molecule has 0 amide bonds. The molecule has 2 aliphatic rings. The van der Waals surface area contributed by atoms with Gasteiger partial charge in [-0.1, -0.05) is 0 Å². The van der Waals surface area contributed by atoms with Crippen molar-refractivity contribution in [2.75, 3.05) is 0 Å². The average Bonchev–Trinajstić information content (AvgIpc) is 3.18. The van der Waals surface area contributed by atoms with E-state index in [9.17, 15) is 0 Å². The van der Waals surface area contributed by atoms with E-state index in [0.717, 1.165) is 0 Å². The second-order valence-corrected chi connectivity index (χ2v) is 65.9. The van der Waals surface area contributed by atoms with Gasteiger partial charge in [0.15, 0.2) is 0 Å². The molecule has 2 heteroatoms. The summed E-state index contributed by atoms with van der Waals surface area (Å²) in [4.78, 5) is 0. The standard InChI is InChI=1S/2C13H15.C2H7Si.2CH3.Hf/c2*1-9(2)13-10(3)8-11-6-4-5-7-12(11)13;1-3-2;;;/h2*4-9H,1-3H3;3H,1-2H3;2*1H3;. The topological polar surface area (TPSA) is 0 Å². The van der Waals surface area contributed by atoms with Crippen molar-refractivity contribution >= 4 is 17.1 Å². The SMILES string of the molecule is CC1=C(C(C)C)c2ccccc2[CH]1[Hf]([CH3])([CH3])([CH]1C(C)=C(C(C)C)c2ccccc21)[SiH](C)C. The summed E-state index contributed by atoms with van der Waals surface area (Å²) < 4.78 is 7.12. The molecule has 2 aromatic rings. The normalized spacial score (nSPS) is 22.1. The van der Waals surface area contributed by atoms with Gasteiger partial charge in [0.2, 0.25) is 0 Å². The first-order chi connectivity index (χ1) is 14.9. The van der Waals surface area contributed by atoms with Gasteiger partial charge in [-0.15, -0.1) is 0 Å². The summed E-state index contributed by atoms with van der Waals surface area (Å²) in [6, 6.07) is 18.9. The van der Waals surface area contributed by atoms with Crippen molar-refractivity contribution in [3.8, 4) is 0 Å². The van der Waals surface area contributed by atoms with Crippen molar-refractivity contribution < 1.29 is 17.7 Å². The first-order valence-electron chi connectivity index (χ1n) is 12.7. The minimum atomic E-state index is -3.62. The number of allylic oxidation sites excluding steroid dienone is 4. The van der Waals surface area contributed by atoms with Crippen LogP contribution in [-0.4, -0.2) is 5.98 Å². The molecule has 0 radical (unpaired) electrons. The van der Waals surface area contributed by atoms with E-state index in [-0.39, 0.29) is 0 Å². The zero-order valence-electron chi connectivity index (χ0n) is 22.0. The van der Waals surface area contributed by atoms with Gasteiger partial charge in [-0.2, -0.15) is 0 Å². The summed E-state index contributed by atoms with van der Waals surface area (Å²) in [5.41, 5.74) is 13.2. The van der Waals surface area contributed by atoms with E-state index < -0.39 is 23.7 Å². The van der Waals surface area contributed by atoms with Crippen LogP contribution >= 0.6 is 0 Å². The predicted molar refractivity (Wildman–Crippen MR) is 144 cm³/mol. The Bertz CT molecular complexity index is 1050. The van der Waals surface area contributed by atoms with E-state index in [2.05, 4.69) is 113 Å². The monoisotopic (exact) mass is 611 g/mol. The molecular weight excluding hydrogens is 567 g/mol. The van der Waals surface area contributed by atoms with Gasteiger partial charge in [0.25, 0.3) is 0 Å². The summed E-state index contributed by atoms with van der Waals surface area (Å²) in [5.74, 6) is 0.174. The van der Waals surface area contributed by atoms with Gasteiger partial charge in [-0.25, -0.2) is 0 Å². The molecule has 0 heterocycles. The molecule has 0 nitrogen and oxygen atoms in total. The van der Waals surface area contributed by atoms with Crippen LogP contribution in [0.25, 0.3) is 11.1 Å². The van der Waals surface area contributed by atoms with Gasteiger partial charge in [0, 0.05) is 0 Å². The Kier molecular flexibility index (Phi) is 6.07. The van der Waals surface area contributed by atoms with Crippen LogP contribution in [0.1, 0.15) is 71.1 Å². The molecule has 32 heavy (non-hydrogen) atoms. The summed E-state index contributed by atoms with van der Waals surface area (Å²) in [7, 11) is 0. The van der Waals surface area contributed by atoms with Crippen molar-refractivity contribution in [3.05, 3.63) is 81.9 Å². The molecule has 171 valence electrons. The van der Waals surface area contributed by atoms with E-state index in [0.29, 0.717) is 19.2 Å². The second kappa shape index (κ2) is 8.05. The quantitative estimate of drug-likeness (QED) is 0.297. The third-order valence-electron chi connectivity index (χ3n) is 9.64. The van der Waals surface area contributed by atoms with Gasteiger partial charge in [-0.05, 0) is 0 Å². The van der Waals surface area contributed by atoms with Gasteiger partial charge >= 0.3 is 200 Å². The van der Waals surface area contributed by atoms with Crippen LogP contribution in [0.4, 0.5) is 0 Å². The maximum absolute atomic E-state index is 3.62. The first-order valence-corrected chi connectivity index (χ1v) is 33.2. The van der Waals surface area contributed by atoms with Gasteiger partial charge in [0.1, 0.15) is 0 Å². The van der Waals surface area contributed by atoms with Gasteiger partial charge in [0.05, 0.1) is 0 Å². The molecule has 2 unspecified atom stereocenters. The Labute approximate surface area is 198 Å². The summed E-state index contributed by atoms with van der Waals surface area (Å²) in [6.07, 6.45) is 0. The van der Waals surface area contributed by atoms with Gasteiger partial charge in [-0.3, -0.25) is 0 Å². The summed E-state index contributed by atoms with van der Waals surface area (Å²) in [6.45, 7) is 20.0. The van der Waals surface area contributed by atoms with Gasteiger partial charge < -0.3 is 0 Å². The molecule has 0 fully saturated rings. The molecule has 0 spiro atoms. The first kappa shape index (κ1) is 24.1. The fourth-order valence-electron chi connectivity index (χ4n) is 7.90. The Morgan fingerprint density at radius 2 is 1.00 bits per heavy atom. The average molecular weight is 610 g/mol. The molecule has 0 bridgehead atoms. The third-order valence-corrected chi connectivity index (χ3v) is 76.4. The van der Waals surface area contributed by atoms with Crippen LogP contribution in [0.15, 0.2) is 59.7 Å². The van der Waals surface area contributed by atoms with Crippen molar-refractivity contribution in [1.29, 1.82) is 0 Å². The Morgan fingerprint density at radius 1 is 0.656 bits per heavy atom. The van der Waals surface area contributed by atoms with Crippen LogP contribution < -0.4 is 0 Å². The molecule has 4 rings (SSSR count). The van der Waals surface area contributed by atoms with Crippen molar-refractivity contribution in [1.82, 2.24) is 0 Å². The minimum absolute atomic E-state index is 0.578. The zero-order chi connectivity index (χ0) is 23.6. The number of hydrogen-bond acceptors (Lipinski definition) is 0. The Balaban J connectivity index is 2.08. The molecule has 0 saturated carbocycles. The number of rotatable bonds is 5. The van der Waals surface area contributed by atoms with Crippen LogP contribution in [0.5, 0.6) is 0 Å². The van der Waals surface area contributed by atoms with Crippen LogP contribution in [0.3, 0.4) is 0 Å². The molecule has 2 atom stereocenters. The van der Waals surface area contributed by atoms with Crippen LogP contribution in [-0.2, 0) is 17.7 Å². The predicted octanol–water partition coefficient (Wildman–Crippen LogP) is 9.12. The molecule has 0 aromatic heterocycles. The molecular formula is C30H43HfSi. The number of fused-ring (bicyclic) bond motifs is 2. The second-order valence-electron chi connectivity index (χ2n) is 12.4. The third kappa shape index (κ3) is 3.15. The molecule has 2 aromatic carbocycles. The van der Waals surface area contributed by atoms with E-state index in [1.807, 2.05) is 0 Å². The van der Waals surface area contributed by atoms with Crippen molar-refractivity contribution in [3.63, 3.8) is 0 Å². The van der Waals surface area contributed by atoms with Crippen molar-refractivity contribution in [2.45, 2.75) is 71.3 Å². The fourth-order valence-corrected chi connectivity index (χ4v) is 51.6. The summed E-state index contributed by atoms with van der Waals surface area (Å²) >= 11 is -3.62. The molecule has 2 aliphatic carbocycles. The maximum atomic E-state index is 2.89. The van der Waals surface area contributed by atoms with E-state index in [4.69, 9.17) is 0 Å². The fraction of sp³-hybridized carbons (Fsp3) is 0.467. The van der Waals surface area contributed by atoms with Crippen LogP contribution in [0.2, 0.25) is 22.5 Å². The molecule has 0 N–H and O–H groups in total. The number of hydrogen-bond donors (Lipinski definition) is 0. The van der Waals surface area contributed by atoms with E-state index >= 15 is 0 Å². The van der Waals surface area contributed by atoms with Crippen molar-refractivity contribution in [2.24, 2.45) is 11.8 Å².